The Morgan fingerprint density at radius 2 is 1.71 bits per heavy atom. The Bertz CT molecular complexity index is 1260. The minimum atomic E-state index is -1.31. The number of anilines is 1. The van der Waals surface area contributed by atoms with Crippen LogP contribution in [0.1, 0.15) is 28.7 Å². The van der Waals surface area contributed by atoms with Crippen molar-refractivity contribution in [3.8, 4) is 0 Å². The highest BCUT2D eigenvalue weighted by atomic mass is 19.1. The number of rotatable bonds is 3. The molecule has 3 aromatic rings. The van der Waals surface area contributed by atoms with Crippen molar-refractivity contribution in [3.05, 3.63) is 94.2 Å². The Morgan fingerprint density at radius 3 is 2.32 bits per heavy atom. The molecule has 8 heteroatoms. The molecule has 1 aliphatic rings. The van der Waals surface area contributed by atoms with Gasteiger partial charge in [-0.25, -0.2) is 13.2 Å². The molecule has 1 N–H and O–H groups in total. The van der Waals surface area contributed by atoms with Crippen molar-refractivity contribution < 1.29 is 32.3 Å². The fourth-order valence-electron chi connectivity index (χ4n) is 3.57. The van der Waals surface area contributed by atoms with Crippen LogP contribution >= 0.6 is 0 Å². The Balaban J connectivity index is 1.96. The molecule has 0 radical (unpaired) electrons. The van der Waals surface area contributed by atoms with Crippen molar-refractivity contribution in [2.75, 3.05) is 4.90 Å². The lowest BCUT2D eigenvalue weighted by atomic mass is 9.98. The summed E-state index contributed by atoms with van der Waals surface area (Å²) in [5, 5.41) is 10.9. The maximum atomic E-state index is 14.5. The topological polar surface area (TPSA) is 70.8 Å². The smallest absolute Gasteiger partial charge is 0.300 e. The molecular formula is C23H16F3NO4. The summed E-state index contributed by atoms with van der Waals surface area (Å²) < 4.78 is 47.2. The van der Waals surface area contributed by atoms with Crippen LogP contribution in [0.25, 0.3) is 5.76 Å². The number of carbonyl (C=O) groups excluding carboxylic acids is 2. The van der Waals surface area contributed by atoms with Crippen LogP contribution in [0.15, 0.2) is 58.5 Å². The van der Waals surface area contributed by atoms with E-state index in [1.165, 1.54) is 25.1 Å². The molecule has 31 heavy (non-hydrogen) atoms. The van der Waals surface area contributed by atoms with Crippen LogP contribution in [-0.2, 0) is 9.59 Å². The monoisotopic (exact) mass is 427 g/mol. The van der Waals surface area contributed by atoms with E-state index in [4.69, 9.17) is 4.42 Å². The maximum Gasteiger partial charge on any atom is 0.300 e. The Morgan fingerprint density at radius 1 is 0.968 bits per heavy atom. The lowest BCUT2D eigenvalue weighted by Crippen LogP contribution is -2.30. The van der Waals surface area contributed by atoms with E-state index in [-0.39, 0.29) is 28.1 Å². The van der Waals surface area contributed by atoms with E-state index in [1.807, 2.05) is 0 Å². The number of ketones is 1. The molecule has 1 amide bonds. The Kier molecular flexibility index (Phi) is 4.93. The van der Waals surface area contributed by atoms with E-state index >= 15 is 0 Å². The van der Waals surface area contributed by atoms with Crippen LogP contribution in [0.2, 0.25) is 0 Å². The number of furan rings is 1. The standard InChI is InChI=1S/C23H16F3NO4/c1-11-9-13(4-6-15(11)25)21(28)19-20(18-8-3-12(2)31-18)27(23(30)22(19)29)17-7-5-14(24)10-16(17)26/h3-10,20,28H,1-2H3/b21-19-. The summed E-state index contributed by atoms with van der Waals surface area (Å²) in [5.41, 5.74) is -0.385. The zero-order valence-electron chi connectivity index (χ0n) is 16.4. The first-order valence-corrected chi connectivity index (χ1v) is 9.28. The van der Waals surface area contributed by atoms with Crippen molar-refractivity contribution in [2.45, 2.75) is 19.9 Å². The second-order valence-electron chi connectivity index (χ2n) is 7.18. The number of carbonyl (C=O) groups is 2. The molecule has 1 fully saturated rings. The molecule has 1 aromatic heterocycles. The summed E-state index contributed by atoms with van der Waals surface area (Å²) in [5.74, 6) is -4.64. The van der Waals surface area contributed by atoms with E-state index in [1.54, 1.807) is 13.0 Å². The van der Waals surface area contributed by atoms with Crippen molar-refractivity contribution >= 4 is 23.1 Å². The van der Waals surface area contributed by atoms with Gasteiger partial charge in [-0.05, 0) is 61.9 Å². The summed E-state index contributed by atoms with van der Waals surface area (Å²) in [6, 6.07) is 8.02. The fraction of sp³-hybridized carbons (Fsp3) is 0.130. The summed E-state index contributed by atoms with van der Waals surface area (Å²) in [7, 11) is 0. The van der Waals surface area contributed by atoms with Crippen molar-refractivity contribution in [3.63, 3.8) is 0 Å². The third-order valence-electron chi connectivity index (χ3n) is 5.08. The Hall–Kier alpha value is -3.81. The normalized spacial score (nSPS) is 18.1. The number of aliphatic hydroxyl groups is 1. The van der Waals surface area contributed by atoms with Gasteiger partial charge in [0.2, 0.25) is 0 Å². The van der Waals surface area contributed by atoms with Crippen LogP contribution in [0, 0.1) is 31.3 Å². The highest BCUT2D eigenvalue weighted by molar-refractivity contribution is 6.51. The van der Waals surface area contributed by atoms with Crippen molar-refractivity contribution in [1.29, 1.82) is 0 Å². The first kappa shape index (κ1) is 20.5. The van der Waals surface area contributed by atoms with E-state index in [0.717, 1.165) is 23.1 Å². The fourth-order valence-corrected chi connectivity index (χ4v) is 3.57. The van der Waals surface area contributed by atoms with Crippen molar-refractivity contribution in [2.24, 2.45) is 0 Å². The molecule has 0 bridgehead atoms. The number of hydrogen-bond acceptors (Lipinski definition) is 4. The predicted octanol–water partition coefficient (Wildman–Crippen LogP) is 4.94. The molecule has 1 saturated heterocycles. The average Bonchev–Trinajstić information content (AvgIpc) is 3.25. The van der Waals surface area contributed by atoms with Crippen LogP contribution < -0.4 is 4.90 Å². The van der Waals surface area contributed by atoms with Gasteiger partial charge in [-0.3, -0.25) is 14.5 Å². The van der Waals surface area contributed by atoms with Crippen LogP contribution in [0.4, 0.5) is 18.9 Å². The van der Waals surface area contributed by atoms with Gasteiger partial charge in [0.1, 0.15) is 40.8 Å². The minimum absolute atomic E-state index is 0.0980. The predicted molar refractivity (Wildman–Crippen MR) is 106 cm³/mol. The number of aryl methyl sites for hydroxylation is 2. The molecule has 1 unspecified atom stereocenters. The third-order valence-corrected chi connectivity index (χ3v) is 5.08. The van der Waals surface area contributed by atoms with Gasteiger partial charge >= 0.3 is 0 Å². The van der Waals surface area contributed by atoms with Gasteiger partial charge in [-0.1, -0.05) is 0 Å². The first-order chi connectivity index (χ1) is 14.7. The van der Waals surface area contributed by atoms with Gasteiger partial charge in [0.05, 0.1) is 11.3 Å². The number of benzene rings is 2. The van der Waals surface area contributed by atoms with E-state index in [0.29, 0.717) is 11.8 Å². The largest absolute Gasteiger partial charge is 0.507 e. The summed E-state index contributed by atoms with van der Waals surface area (Å²) in [6.45, 7) is 3.11. The summed E-state index contributed by atoms with van der Waals surface area (Å²) in [6.07, 6.45) is 0. The zero-order valence-corrected chi connectivity index (χ0v) is 16.4. The third kappa shape index (κ3) is 3.39. The second kappa shape index (κ2) is 7.46. The Labute approximate surface area is 175 Å². The molecule has 5 nitrogen and oxygen atoms in total. The SMILES string of the molecule is Cc1ccc(C2/C(=C(/O)c3ccc(F)c(C)c3)C(=O)C(=O)N2c2ccc(F)cc2F)o1. The quantitative estimate of drug-likeness (QED) is 0.365. The van der Waals surface area contributed by atoms with Crippen LogP contribution in [0.3, 0.4) is 0 Å². The lowest BCUT2D eigenvalue weighted by Gasteiger charge is -2.23. The molecule has 0 aliphatic carbocycles. The van der Waals surface area contributed by atoms with Crippen LogP contribution in [0.5, 0.6) is 0 Å². The lowest BCUT2D eigenvalue weighted by molar-refractivity contribution is -0.132. The van der Waals surface area contributed by atoms with Crippen LogP contribution in [-0.4, -0.2) is 16.8 Å². The molecule has 4 rings (SSSR count). The summed E-state index contributed by atoms with van der Waals surface area (Å²) >= 11 is 0. The summed E-state index contributed by atoms with van der Waals surface area (Å²) in [4.78, 5) is 26.6. The zero-order chi connectivity index (χ0) is 22.4. The van der Waals surface area contributed by atoms with Crippen molar-refractivity contribution in [1.82, 2.24) is 0 Å². The first-order valence-electron chi connectivity index (χ1n) is 9.28. The maximum absolute atomic E-state index is 14.5. The number of hydrogen-bond donors (Lipinski definition) is 1. The molecule has 158 valence electrons. The number of Topliss-reactive ketones (excluding diaryl/α,β-unsaturated/α-hetero) is 1. The highest BCUT2D eigenvalue weighted by Crippen LogP contribution is 2.43. The van der Waals surface area contributed by atoms with E-state index in [9.17, 15) is 27.9 Å². The van der Waals surface area contributed by atoms with E-state index < -0.39 is 40.9 Å². The molecular weight excluding hydrogens is 411 g/mol. The second-order valence-corrected chi connectivity index (χ2v) is 7.18. The van der Waals surface area contributed by atoms with Gasteiger partial charge in [0.25, 0.3) is 11.7 Å². The molecule has 0 saturated carbocycles. The van der Waals surface area contributed by atoms with Gasteiger partial charge < -0.3 is 9.52 Å². The minimum Gasteiger partial charge on any atom is -0.507 e. The molecule has 0 spiro atoms. The van der Waals surface area contributed by atoms with Gasteiger partial charge in [0.15, 0.2) is 0 Å². The number of aliphatic hydroxyl groups excluding tert-OH is 1. The average molecular weight is 427 g/mol. The number of amides is 1. The molecule has 2 aromatic carbocycles. The van der Waals surface area contributed by atoms with Gasteiger partial charge in [0, 0.05) is 11.6 Å². The molecule has 2 heterocycles. The molecule has 1 aliphatic heterocycles. The van der Waals surface area contributed by atoms with E-state index in [2.05, 4.69) is 0 Å². The highest BCUT2D eigenvalue weighted by Gasteiger charge is 2.49. The number of nitrogens with zero attached hydrogens (tertiary/aromatic N) is 1. The molecule has 1 atom stereocenters. The van der Waals surface area contributed by atoms with Gasteiger partial charge in [-0.2, -0.15) is 0 Å². The number of halogens is 3. The van der Waals surface area contributed by atoms with Gasteiger partial charge in [-0.15, -0.1) is 0 Å².